The second-order valence-corrected chi connectivity index (χ2v) is 13.7. The molecule has 0 fully saturated rings. The van der Waals surface area contributed by atoms with Crippen LogP contribution in [-0.2, 0) is 9.53 Å². The highest BCUT2D eigenvalue weighted by atomic mass is 32.2. The van der Waals surface area contributed by atoms with Gasteiger partial charge in [-0.05, 0) is 66.4 Å². The van der Waals surface area contributed by atoms with Gasteiger partial charge in [0.05, 0.1) is 38.7 Å². The van der Waals surface area contributed by atoms with E-state index in [-0.39, 0.29) is 12.2 Å². The number of benzene rings is 2. The summed E-state index contributed by atoms with van der Waals surface area (Å²) >= 11 is 4.37. The molecule has 10 heteroatoms. The second kappa shape index (κ2) is 12.5. The summed E-state index contributed by atoms with van der Waals surface area (Å²) in [5, 5.41) is 0.691. The molecule has 1 atom stereocenters. The molecular formula is C33H31N3O4S3. The lowest BCUT2D eigenvalue weighted by atomic mass is 9.92. The lowest BCUT2D eigenvalue weighted by Crippen LogP contribution is -2.40. The third kappa shape index (κ3) is 5.91. The highest BCUT2D eigenvalue weighted by Gasteiger charge is 2.34. The molecule has 2 aromatic carbocycles. The molecule has 0 saturated carbocycles. The zero-order valence-corrected chi connectivity index (χ0v) is 26.8. The van der Waals surface area contributed by atoms with Crippen LogP contribution < -0.4 is 14.9 Å². The zero-order chi connectivity index (χ0) is 30.1. The van der Waals surface area contributed by atoms with Gasteiger partial charge in [-0.2, -0.15) is 0 Å². The first-order chi connectivity index (χ1) is 20.9. The Labute approximate surface area is 261 Å². The Balaban J connectivity index is 1.42. The maximum absolute atomic E-state index is 14.0. The second-order valence-electron chi connectivity index (χ2n) is 10.4. The Morgan fingerprint density at radius 2 is 1.88 bits per heavy atom. The van der Waals surface area contributed by atoms with Gasteiger partial charge in [0.25, 0.3) is 5.56 Å². The number of esters is 1. The number of aromatic nitrogens is 2. The zero-order valence-electron chi connectivity index (χ0n) is 24.3. The summed E-state index contributed by atoms with van der Waals surface area (Å²) in [4.78, 5) is 37.5. The van der Waals surface area contributed by atoms with E-state index < -0.39 is 12.0 Å². The number of rotatable bonds is 9. The SMILES string of the molecule is CCCC1=C(C(=O)OCC)[C@@H](c2ccc(C(C)C)cc2)n2c(s/c(=C/c3ccc(Sc4nc5ccccc5s4)o3)c2=O)=N1. The number of fused-ring (bicyclic) bond motifs is 2. The Bertz CT molecular complexity index is 1980. The van der Waals surface area contributed by atoms with E-state index in [2.05, 4.69) is 37.0 Å². The van der Waals surface area contributed by atoms with Crippen LogP contribution in [-0.4, -0.2) is 22.1 Å². The summed E-state index contributed by atoms with van der Waals surface area (Å²) in [6, 6.07) is 19.3. The van der Waals surface area contributed by atoms with Gasteiger partial charge < -0.3 is 9.15 Å². The van der Waals surface area contributed by atoms with E-state index >= 15 is 0 Å². The third-order valence-electron chi connectivity index (χ3n) is 7.15. The molecule has 7 nitrogen and oxygen atoms in total. The van der Waals surface area contributed by atoms with E-state index in [9.17, 15) is 9.59 Å². The smallest absolute Gasteiger partial charge is 0.338 e. The number of thiazole rings is 2. The molecule has 0 spiro atoms. The standard InChI is InChI=1S/C33H31N3O4S3/c1-5-9-24-28(31(38)39-6-2)29(21-14-12-20(13-15-21)19(3)4)36-30(37)26(41-32(36)34-24)18-22-16-17-27(40-22)43-33-35-23-10-7-8-11-25(23)42-33/h7-8,10-19,29H,5-6,9H2,1-4H3/b26-18+/t29-/m1/s1. The van der Waals surface area contributed by atoms with Gasteiger partial charge in [0.2, 0.25) is 0 Å². The van der Waals surface area contributed by atoms with Crippen LogP contribution in [0.5, 0.6) is 0 Å². The predicted octanol–water partition coefficient (Wildman–Crippen LogP) is 7.06. The lowest BCUT2D eigenvalue weighted by molar-refractivity contribution is -0.139. The van der Waals surface area contributed by atoms with E-state index in [4.69, 9.17) is 14.1 Å². The normalized spacial score (nSPS) is 15.3. The van der Waals surface area contributed by atoms with Crippen molar-refractivity contribution in [3.63, 3.8) is 0 Å². The highest BCUT2D eigenvalue weighted by Crippen LogP contribution is 2.36. The van der Waals surface area contributed by atoms with Gasteiger partial charge in [-0.25, -0.2) is 14.8 Å². The number of nitrogens with zero attached hydrogens (tertiary/aromatic N) is 3. The molecule has 0 saturated heterocycles. The fourth-order valence-corrected chi connectivity index (χ4v) is 8.05. The Morgan fingerprint density at radius 1 is 1.09 bits per heavy atom. The maximum atomic E-state index is 14.0. The molecule has 4 heterocycles. The van der Waals surface area contributed by atoms with Crippen molar-refractivity contribution in [3.05, 3.63) is 109 Å². The summed E-state index contributed by atoms with van der Waals surface area (Å²) in [6.45, 7) is 8.35. The van der Waals surface area contributed by atoms with Crippen LogP contribution in [0.1, 0.15) is 69.4 Å². The van der Waals surface area contributed by atoms with Gasteiger partial charge in [-0.3, -0.25) is 9.36 Å². The molecule has 5 aromatic rings. The van der Waals surface area contributed by atoms with Gasteiger partial charge >= 0.3 is 5.97 Å². The number of para-hydroxylation sites is 1. The number of allylic oxidation sites excluding steroid dienone is 1. The average Bonchev–Trinajstić information content (AvgIpc) is 3.70. The van der Waals surface area contributed by atoms with E-state index in [1.54, 1.807) is 28.9 Å². The molecule has 0 bridgehead atoms. The topological polar surface area (TPSA) is 86.7 Å². The van der Waals surface area contributed by atoms with Crippen LogP contribution >= 0.6 is 34.4 Å². The quantitative estimate of drug-likeness (QED) is 0.162. The van der Waals surface area contributed by atoms with Crippen LogP contribution in [0.15, 0.2) is 95.6 Å². The number of carbonyl (C=O) groups is 1. The largest absolute Gasteiger partial charge is 0.463 e. The predicted molar refractivity (Wildman–Crippen MR) is 173 cm³/mol. The molecule has 220 valence electrons. The molecule has 0 N–H and O–H groups in total. The first kappa shape index (κ1) is 29.3. The third-order valence-corrected chi connectivity index (χ3v) is 10.1. The number of hydrogen-bond acceptors (Lipinski definition) is 9. The van der Waals surface area contributed by atoms with E-state index in [1.807, 2.05) is 49.4 Å². The van der Waals surface area contributed by atoms with Crippen molar-refractivity contribution < 1.29 is 13.9 Å². The molecule has 3 aromatic heterocycles. The molecule has 1 aliphatic rings. The Morgan fingerprint density at radius 3 is 2.60 bits per heavy atom. The molecule has 0 aliphatic carbocycles. The van der Waals surface area contributed by atoms with Crippen molar-refractivity contribution in [1.29, 1.82) is 0 Å². The summed E-state index contributed by atoms with van der Waals surface area (Å²) in [7, 11) is 0. The van der Waals surface area contributed by atoms with Crippen LogP contribution in [0, 0.1) is 0 Å². The minimum atomic E-state index is -0.637. The molecule has 6 rings (SSSR count). The number of ether oxygens (including phenoxy) is 1. The number of carbonyl (C=O) groups excluding carboxylic acids is 1. The molecule has 1 aliphatic heterocycles. The summed E-state index contributed by atoms with van der Waals surface area (Å²) in [5.41, 5.74) is 3.85. The van der Waals surface area contributed by atoms with Gasteiger partial charge in [0.1, 0.15) is 5.76 Å². The fourth-order valence-electron chi connectivity index (χ4n) is 5.08. The van der Waals surface area contributed by atoms with Crippen LogP contribution in [0.2, 0.25) is 0 Å². The van der Waals surface area contributed by atoms with Crippen molar-refractivity contribution >= 4 is 56.7 Å². The Kier molecular flexibility index (Phi) is 8.52. The van der Waals surface area contributed by atoms with Crippen molar-refractivity contribution in [2.24, 2.45) is 4.99 Å². The molecule has 0 unspecified atom stereocenters. The number of furan rings is 1. The van der Waals surface area contributed by atoms with Crippen molar-refractivity contribution in [1.82, 2.24) is 9.55 Å². The molecule has 0 amide bonds. The maximum Gasteiger partial charge on any atom is 0.338 e. The first-order valence-corrected chi connectivity index (χ1v) is 16.8. The summed E-state index contributed by atoms with van der Waals surface area (Å²) in [5.74, 6) is 0.479. The monoisotopic (exact) mass is 629 g/mol. The average molecular weight is 630 g/mol. The molecular weight excluding hydrogens is 599 g/mol. The van der Waals surface area contributed by atoms with Crippen molar-refractivity contribution in [3.8, 4) is 0 Å². The minimum Gasteiger partial charge on any atom is -0.463 e. The first-order valence-electron chi connectivity index (χ1n) is 14.3. The fraction of sp³-hybridized carbons (Fsp3) is 0.273. The van der Waals surface area contributed by atoms with Crippen LogP contribution in [0.4, 0.5) is 0 Å². The molecule has 43 heavy (non-hydrogen) atoms. The summed E-state index contributed by atoms with van der Waals surface area (Å²) < 4.78 is 15.7. The summed E-state index contributed by atoms with van der Waals surface area (Å²) in [6.07, 6.45) is 3.15. The van der Waals surface area contributed by atoms with Crippen molar-refractivity contribution in [2.75, 3.05) is 6.61 Å². The highest BCUT2D eigenvalue weighted by molar-refractivity contribution is 8.01. The van der Waals surface area contributed by atoms with Gasteiger partial charge in [-0.1, -0.05) is 74.9 Å². The minimum absolute atomic E-state index is 0.226. The van der Waals surface area contributed by atoms with Crippen LogP contribution in [0.25, 0.3) is 16.3 Å². The van der Waals surface area contributed by atoms with Crippen molar-refractivity contribution in [2.45, 2.75) is 61.9 Å². The van der Waals surface area contributed by atoms with E-state index in [0.29, 0.717) is 43.8 Å². The van der Waals surface area contributed by atoms with Gasteiger partial charge in [0, 0.05) is 6.08 Å². The van der Waals surface area contributed by atoms with E-state index in [1.165, 1.54) is 28.7 Å². The molecule has 0 radical (unpaired) electrons. The van der Waals surface area contributed by atoms with E-state index in [0.717, 1.165) is 26.5 Å². The van der Waals surface area contributed by atoms with Crippen LogP contribution in [0.3, 0.4) is 0 Å². The lowest BCUT2D eigenvalue weighted by Gasteiger charge is -2.26. The van der Waals surface area contributed by atoms with Gasteiger partial charge in [-0.15, -0.1) is 11.3 Å². The number of hydrogen-bond donors (Lipinski definition) is 0. The Hall–Kier alpha value is -3.73. The van der Waals surface area contributed by atoms with Gasteiger partial charge in [0.15, 0.2) is 14.2 Å².